The Morgan fingerprint density at radius 3 is 2.15 bits per heavy atom. The molecular weight excluding hydrogens is 436 g/mol. The number of nitrogens with zero attached hydrogens (tertiary/aromatic N) is 4. The Morgan fingerprint density at radius 1 is 0.758 bits per heavy atom. The third kappa shape index (κ3) is 4.72. The standard InChI is InChI=1S/C25H30N4O3S/c1-18-6-8-22(16-20(18)3)29-25(30)11-10-24(26-29)27-12-5-13-28(15-14-27)33(31,32)23-9-7-19(2)21(4)17-23/h6-11,16-17H,5,12-15H2,1-4H3. The summed E-state index contributed by atoms with van der Waals surface area (Å²) in [4.78, 5) is 14.9. The zero-order chi connectivity index (χ0) is 23.8. The van der Waals surface area contributed by atoms with Crippen molar-refractivity contribution in [1.82, 2.24) is 14.1 Å². The van der Waals surface area contributed by atoms with Gasteiger partial charge in [-0.3, -0.25) is 4.79 Å². The molecule has 7 nitrogen and oxygen atoms in total. The van der Waals surface area contributed by atoms with Crippen LogP contribution in [0.2, 0.25) is 0 Å². The molecule has 2 heterocycles. The van der Waals surface area contributed by atoms with Crippen LogP contribution in [0, 0.1) is 27.7 Å². The van der Waals surface area contributed by atoms with E-state index >= 15 is 0 Å². The number of rotatable bonds is 4. The molecule has 2 aromatic carbocycles. The molecule has 0 saturated carbocycles. The van der Waals surface area contributed by atoms with Crippen LogP contribution in [0.4, 0.5) is 5.82 Å². The van der Waals surface area contributed by atoms with E-state index in [0.717, 1.165) is 27.9 Å². The SMILES string of the molecule is Cc1ccc(-n2nc(N3CCCN(S(=O)(=O)c4ccc(C)c(C)c4)CC3)ccc2=O)cc1C. The molecule has 1 fully saturated rings. The van der Waals surface area contributed by atoms with E-state index in [9.17, 15) is 13.2 Å². The minimum absolute atomic E-state index is 0.198. The minimum atomic E-state index is -3.57. The molecule has 33 heavy (non-hydrogen) atoms. The fraction of sp³-hybridized carbons (Fsp3) is 0.360. The van der Waals surface area contributed by atoms with Crippen molar-refractivity contribution in [2.75, 3.05) is 31.1 Å². The van der Waals surface area contributed by atoms with Crippen molar-refractivity contribution < 1.29 is 8.42 Å². The second kappa shape index (κ2) is 9.11. The van der Waals surface area contributed by atoms with Crippen molar-refractivity contribution in [3.8, 4) is 5.69 Å². The summed E-state index contributed by atoms with van der Waals surface area (Å²) < 4.78 is 29.4. The highest BCUT2D eigenvalue weighted by Gasteiger charge is 2.27. The molecule has 0 atom stereocenters. The van der Waals surface area contributed by atoms with Crippen molar-refractivity contribution in [3.63, 3.8) is 0 Å². The Morgan fingerprint density at radius 2 is 1.45 bits per heavy atom. The molecule has 4 rings (SSSR count). The van der Waals surface area contributed by atoms with Gasteiger partial charge in [0.05, 0.1) is 10.6 Å². The summed E-state index contributed by atoms with van der Waals surface area (Å²) in [6, 6.07) is 14.3. The molecule has 8 heteroatoms. The quantitative estimate of drug-likeness (QED) is 0.589. The van der Waals surface area contributed by atoms with Crippen LogP contribution < -0.4 is 10.5 Å². The Kier molecular flexibility index (Phi) is 6.41. The summed E-state index contributed by atoms with van der Waals surface area (Å²) in [6.45, 7) is 9.91. The first-order valence-electron chi connectivity index (χ1n) is 11.2. The number of anilines is 1. The van der Waals surface area contributed by atoms with E-state index < -0.39 is 10.0 Å². The number of sulfonamides is 1. The van der Waals surface area contributed by atoms with Gasteiger partial charge in [0.15, 0.2) is 0 Å². The maximum Gasteiger partial charge on any atom is 0.271 e. The lowest BCUT2D eigenvalue weighted by Gasteiger charge is -2.23. The van der Waals surface area contributed by atoms with Crippen molar-refractivity contribution >= 4 is 15.8 Å². The second-order valence-electron chi connectivity index (χ2n) is 8.70. The van der Waals surface area contributed by atoms with Crippen molar-refractivity contribution in [3.05, 3.63) is 81.1 Å². The van der Waals surface area contributed by atoms with Gasteiger partial charge in [0.2, 0.25) is 10.0 Å². The summed E-state index contributed by atoms with van der Waals surface area (Å²) in [5, 5.41) is 4.61. The smallest absolute Gasteiger partial charge is 0.271 e. The van der Waals surface area contributed by atoms with Gasteiger partial charge >= 0.3 is 0 Å². The van der Waals surface area contributed by atoms with Crippen molar-refractivity contribution in [2.24, 2.45) is 0 Å². The fourth-order valence-electron chi connectivity index (χ4n) is 4.00. The Balaban J connectivity index is 1.57. The Bertz CT molecular complexity index is 1350. The predicted molar refractivity (Wildman–Crippen MR) is 131 cm³/mol. The Labute approximate surface area is 195 Å². The zero-order valence-corrected chi connectivity index (χ0v) is 20.4. The molecule has 0 radical (unpaired) electrons. The van der Waals surface area contributed by atoms with Crippen LogP contribution in [0.3, 0.4) is 0 Å². The molecule has 1 aliphatic heterocycles. The number of hydrogen-bond acceptors (Lipinski definition) is 5. The second-order valence-corrected chi connectivity index (χ2v) is 10.6. The average molecular weight is 467 g/mol. The summed E-state index contributed by atoms with van der Waals surface area (Å²) in [5.74, 6) is 0.665. The monoisotopic (exact) mass is 466 g/mol. The highest BCUT2D eigenvalue weighted by molar-refractivity contribution is 7.89. The van der Waals surface area contributed by atoms with Crippen LogP contribution >= 0.6 is 0 Å². The number of aryl methyl sites for hydroxylation is 4. The topological polar surface area (TPSA) is 75.5 Å². The summed E-state index contributed by atoms with van der Waals surface area (Å²) in [5.41, 5.74) is 4.80. The van der Waals surface area contributed by atoms with Crippen LogP contribution in [0.15, 0.2) is 58.2 Å². The highest BCUT2D eigenvalue weighted by Crippen LogP contribution is 2.22. The van der Waals surface area contributed by atoms with E-state index in [-0.39, 0.29) is 5.56 Å². The molecule has 0 bridgehead atoms. The lowest BCUT2D eigenvalue weighted by molar-refractivity contribution is 0.433. The van der Waals surface area contributed by atoms with E-state index in [4.69, 9.17) is 0 Å². The van der Waals surface area contributed by atoms with Gasteiger partial charge in [0.1, 0.15) is 5.82 Å². The van der Waals surface area contributed by atoms with E-state index in [1.165, 1.54) is 10.7 Å². The fourth-order valence-corrected chi connectivity index (χ4v) is 5.55. The van der Waals surface area contributed by atoms with E-state index in [2.05, 4.69) is 5.10 Å². The van der Waals surface area contributed by atoms with Crippen molar-refractivity contribution in [1.29, 1.82) is 0 Å². The number of benzene rings is 2. The largest absolute Gasteiger partial charge is 0.354 e. The van der Waals surface area contributed by atoms with Gasteiger partial charge in [-0.25, -0.2) is 8.42 Å². The first-order chi connectivity index (χ1) is 15.7. The van der Waals surface area contributed by atoms with Crippen LogP contribution in [-0.4, -0.2) is 48.7 Å². The van der Waals surface area contributed by atoms with E-state index in [1.807, 2.05) is 56.9 Å². The first kappa shape index (κ1) is 23.2. The van der Waals surface area contributed by atoms with Gasteiger partial charge in [-0.2, -0.15) is 8.99 Å². The predicted octanol–water partition coefficient (Wildman–Crippen LogP) is 3.37. The van der Waals surface area contributed by atoms with Gasteiger partial charge in [-0.05, 0) is 86.7 Å². The highest BCUT2D eigenvalue weighted by atomic mass is 32.2. The van der Waals surface area contributed by atoms with Crippen molar-refractivity contribution in [2.45, 2.75) is 39.0 Å². The molecule has 174 valence electrons. The molecular formula is C25H30N4O3S. The molecule has 0 unspecified atom stereocenters. The normalized spacial score (nSPS) is 15.5. The molecule has 0 amide bonds. The van der Waals surface area contributed by atoms with Gasteiger partial charge in [0.25, 0.3) is 5.56 Å². The molecule has 1 saturated heterocycles. The minimum Gasteiger partial charge on any atom is -0.354 e. The maximum atomic E-state index is 13.2. The molecule has 1 aliphatic rings. The lowest BCUT2D eigenvalue weighted by atomic mass is 10.1. The van der Waals surface area contributed by atoms with Gasteiger partial charge in [-0.15, -0.1) is 5.10 Å². The third-order valence-electron chi connectivity index (χ3n) is 6.42. The van der Waals surface area contributed by atoms with Gasteiger partial charge in [0, 0.05) is 32.2 Å². The van der Waals surface area contributed by atoms with Crippen LogP contribution in [0.1, 0.15) is 28.7 Å². The van der Waals surface area contributed by atoms with Crippen LogP contribution in [-0.2, 0) is 10.0 Å². The van der Waals surface area contributed by atoms with E-state index in [1.54, 1.807) is 22.5 Å². The van der Waals surface area contributed by atoms with Gasteiger partial charge in [-0.1, -0.05) is 12.1 Å². The first-order valence-corrected chi connectivity index (χ1v) is 12.6. The summed E-state index contributed by atoms with van der Waals surface area (Å²) >= 11 is 0. The summed E-state index contributed by atoms with van der Waals surface area (Å²) in [7, 11) is -3.57. The zero-order valence-electron chi connectivity index (χ0n) is 19.6. The average Bonchev–Trinajstić information content (AvgIpc) is 3.05. The van der Waals surface area contributed by atoms with E-state index in [0.29, 0.717) is 43.3 Å². The molecule has 1 aromatic heterocycles. The molecule has 0 N–H and O–H groups in total. The van der Waals surface area contributed by atoms with Crippen LogP contribution in [0.5, 0.6) is 0 Å². The third-order valence-corrected chi connectivity index (χ3v) is 8.31. The van der Waals surface area contributed by atoms with Crippen LogP contribution in [0.25, 0.3) is 5.69 Å². The molecule has 3 aromatic rings. The maximum absolute atomic E-state index is 13.2. The molecule has 0 spiro atoms. The number of aromatic nitrogens is 2. The summed E-state index contributed by atoms with van der Waals surface area (Å²) in [6.07, 6.45) is 0.675. The lowest BCUT2D eigenvalue weighted by Crippen LogP contribution is -2.36. The molecule has 0 aliphatic carbocycles. The Hall–Kier alpha value is -2.97. The van der Waals surface area contributed by atoms with Gasteiger partial charge < -0.3 is 4.90 Å². The number of hydrogen-bond donors (Lipinski definition) is 0.